The summed E-state index contributed by atoms with van der Waals surface area (Å²) in [6.07, 6.45) is 2.63. The third kappa shape index (κ3) is 3.47. The van der Waals surface area contributed by atoms with Gasteiger partial charge in [0.1, 0.15) is 0 Å². The van der Waals surface area contributed by atoms with Gasteiger partial charge in [-0.05, 0) is 44.2 Å². The monoisotopic (exact) mass is 329 g/mol. The smallest absolute Gasteiger partial charge is 0.254 e. The molecule has 0 radical (unpaired) electrons. The zero-order chi connectivity index (χ0) is 16.4. The standard InChI is InChI=1S/C17H19N3O2S/c1-10-5-3-6-11(2)15(10)19-14(21)9-23-17-18-13-8-4-7-12(13)16(22)20-17/h3,5-6H,4,7-9H2,1-2H3,(H,19,21)(H,18,20,22). The van der Waals surface area contributed by atoms with Gasteiger partial charge in [0.05, 0.1) is 11.4 Å². The number of aromatic nitrogens is 2. The highest BCUT2D eigenvalue weighted by Crippen LogP contribution is 2.22. The number of anilines is 1. The first-order valence-corrected chi connectivity index (χ1v) is 8.64. The minimum absolute atomic E-state index is 0.0647. The molecule has 1 heterocycles. The molecule has 0 aliphatic heterocycles. The summed E-state index contributed by atoms with van der Waals surface area (Å²) in [5, 5.41) is 3.46. The molecule has 0 unspecified atom stereocenters. The molecule has 0 fully saturated rings. The predicted octanol–water partition coefficient (Wildman–Crippen LogP) is 2.61. The minimum Gasteiger partial charge on any atom is -0.325 e. The summed E-state index contributed by atoms with van der Waals surface area (Å²) in [6, 6.07) is 5.90. The Balaban J connectivity index is 1.66. The number of amides is 1. The molecule has 0 spiro atoms. The first-order valence-electron chi connectivity index (χ1n) is 7.65. The van der Waals surface area contributed by atoms with Crippen LogP contribution in [0.25, 0.3) is 0 Å². The number of nitrogens with one attached hydrogen (secondary N) is 2. The van der Waals surface area contributed by atoms with E-state index < -0.39 is 0 Å². The van der Waals surface area contributed by atoms with Crippen LogP contribution >= 0.6 is 11.8 Å². The van der Waals surface area contributed by atoms with Crippen LogP contribution in [0.2, 0.25) is 0 Å². The van der Waals surface area contributed by atoms with Crippen molar-refractivity contribution in [2.75, 3.05) is 11.1 Å². The van der Waals surface area contributed by atoms with Gasteiger partial charge in [-0.1, -0.05) is 30.0 Å². The molecule has 5 nitrogen and oxygen atoms in total. The van der Waals surface area contributed by atoms with Gasteiger partial charge in [-0.2, -0.15) is 0 Å². The number of hydrogen-bond acceptors (Lipinski definition) is 4. The fourth-order valence-electron chi connectivity index (χ4n) is 2.81. The number of benzene rings is 1. The molecule has 120 valence electrons. The van der Waals surface area contributed by atoms with E-state index in [1.165, 1.54) is 11.8 Å². The highest BCUT2D eigenvalue weighted by Gasteiger charge is 2.17. The quantitative estimate of drug-likeness (QED) is 0.668. The molecule has 0 atom stereocenters. The zero-order valence-electron chi connectivity index (χ0n) is 13.2. The number of hydrogen-bond donors (Lipinski definition) is 2. The average Bonchev–Trinajstić information content (AvgIpc) is 2.98. The lowest BCUT2D eigenvalue weighted by Gasteiger charge is -2.11. The molecule has 0 saturated heterocycles. The van der Waals surface area contributed by atoms with E-state index in [4.69, 9.17) is 0 Å². The zero-order valence-corrected chi connectivity index (χ0v) is 14.0. The number of para-hydroxylation sites is 1. The Morgan fingerprint density at radius 2 is 2.04 bits per heavy atom. The van der Waals surface area contributed by atoms with Gasteiger partial charge in [0.25, 0.3) is 5.56 Å². The Morgan fingerprint density at radius 1 is 1.30 bits per heavy atom. The van der Waals surface area contributed by atoms with Gasteiger partial charge in [-0.3, -0.25) is 9.59 Å². The van der Waals surface area contributed by atoms with Crippen molar-refractivity contribution in [2.45, 2.75) is 38.3 Å². The molecule has 23 heavy (non-hydrogen) atoms. The molecule has 1 amide bonds. The van der Waals surface area contributed by atoms with Crippen LogP contribution in [-0.2, 0) is 17.6 Å². The van der Waals surface area contributed by atoms with Crippen LogP contribution in [0, 0.1) is 13.8 Å². The van der Waals surface area contributed by atoms with Crippen molar-refractivity contribution in [1.29, 1.82) is 0 Å². The molecule has 0 bridgehead atoms. The van der Waals surface area contributed by atoms with Crippen LogP contribution in [0.15, 0.2) is 28.2 Å². The molecule has 2 aromatic rings. The number of fused-ring (bicyclic) bond motifs is 1. The fraction of sp³-hybridized carbons (Fsp3) is 0.353. The Labute approximate surface area is 138 Å². The molecule has 1 aromatic heterocycles. The van der Waals surface area contributed by atoms with E-state index in [-0.39, 0.29) is 17.2 Å². The number of nitrogens with zero attached hydrogens (tertiary/aromatic N) is 1. The predicted molar refractivity (Wildman–Crippen MR) is 92.2 cm³/mol. The van der Waals surface area contributed by atoms with Gasteiger partial charge >= 0.3 is 0 Å². The highest BCUT2D eigenvalue weighted by atomic mass is 32.2. The van der Waals surface area contributed by atoms with Crippen LogP contribution in [0.1, 0.15) is 28.8 Å². The normalized spacial score (nSPS) is 13.0. The SMILES string of the molecule is Cc1cccc(C)c1NC(=O)CSc1nc2c(c(=O)[nH]1)CCC2. The molecule has 1 aliphatic carbocycles. The largest absolute Gasteiger partial charge is 0.325 e. The maximum Gasteiger partial charge on any atom is 0.254 e. The number of thioether (sulfide) groups is 1. The Bertz CT molecular complexity index is 794. The summed E-state index contributed by atoms with van der Waals surface area (Å²) >= 11 is 1.26. The van der Waals surface area contributed by atoms with Crippen LogP contribution in [0.3, 0.4) is 0 Å². The van der Waals surface area contributed by atoms with Crippen molar-refractivity contribution in [3.8, 4) is 0 Å². The Hall–Kier alpha value is -2.08. The van der Waals surface area contributed by atoms with Gasteiger partial charge in [0, 0.05) is 11.3 Å². The van der Waals surface area contributed by atoms with E-state index in [9.17, 15) is 9.59 Å². The maximum absolute atomic E-state index is 12.2. The van der Waals surface area contributed by atoms with E-state index in [0.717, 1.165) is 47.3 Å². The van der Waals surface area contributed by atoms with Gasteiger partial charge in [0.15, 0.2) is 5.16 Å². The van der Waals surface area contributed by atoms with Crippen molar-refractivity contribution in [3.63, 3.8) is 0 Å². The summed E-state index contributed by atoms with van der Waals surface area (Å²) in [6.45, 7) is 3.94. The molecule has 2 N–H and O–H groups in total. The van der Waals surface area contributed by atoms with E-state index in [2.05, 4.69) is 15.3 Å². The first-order chi connectivity index (χ1) is 11.0. The second-order valence-corrected chi connectivity index (χ2v) is 6.72. The third-order valence-electron chi connectivity index (χ3n) is 4.01. The summed E-state index contributed by atoms with van der Waals surface area (Å²) in [4.78, 5) is 31.3. The van der Waals surface area contributed by atoms with Crippen molar-refractivity contribution >= 4 is 23.4 Å². The van der Waals surface area contributed by atoms with Gasteiger partial charge < -0.3 is 10.3 Å². The second-order valence-electron chi connectivity index (χ2n) is 5.75. The third-order valence-corrected chi connectivity index (χ3v) is 4.88. The summed E-state index contributed by atoms with van der Waals surface area (Å²) in [5.74, 6) is 0.116. The second kappa shape index (κ2) is 6.58. The number of carbonyl (C=O) groups is 1. The number of rotatable bonds is 4. The minimum atomic E-state index is -0.101. The van der Waals surface area contributed by atoms with Crippen LogP contribution in [-0.4, -0.2) is 21.6 Å². The van der Waals surface area contributed by atoms with E-state index in [1.807, 2.05) is 32.0 Å². The molecular formula is C17H19N3O2S. The first kappa shape index (κ1) is 15.8. The summed E-state index contributed by atoms with van der Waals surface area (Å²) in [5.41, 5.74) is 4.54. The van der Waals surface area contributed by atoms with Gasteiger partial charge in [0.2, 0.25) is 5.91 Å². The van der Waals surface area contributed by atoms with Crippen molar-refractivity contribution in [1.82, 2.24) is 9.97 Å². The molecule has 0 saturated carbocycles. The number of aromatic amines is 1. The highest BCUT2D eigenvalue weighted by molar-refractivity contribution is 7.99. The summed E-state index contributed by atoms with van der Waals surface area (Å²) < 4.78 is 0. The molecule has 1 aliphatic rings. The van der Waals surface area contributed by atoms with Gasteiger partial charge in [-0.15, -0.1) is 0 Å². The Kier molecular flexibility index (Phi) is 4.52. The van der Waals surface area contributed by atoms with Crippen molar-refractivity contribution < 1.29 is 4.79 Å². The lowest BCUT2D eigenvalue weighted by Crippen LogP contribution is -2.18. The van der Waals surface area contributed by atoms with Crippen LogP contribution < -0.4 is 10.9 Å². The van der Waals surface area contributed by atoms with Crippen LogP contribution in [0.5, 0.6) is 0 Å². The lowest BCUT2D eigenvalue weighted by atomic mass is 10.1. The maximum atomic E-state index is 12.2. The van der Waals surface area contributed by atoms with Crippen LogP contribution in [0.4, 0.5) is 5.69 Å². The lowest BCUT2D eigenvalue weighted by molar-refractivity contribution is -0.113. The van der Waals surface area contributed by atoms with E-state index >= 15 is 0 Å². The van der Waals surface area contributed by atoms with Crippen molar-refractivity contribution in [3.05, 3.63) is 50.9 Å². The number of H-pyrrole nitrogens is 1. The summed E-state index contributed by atoms with van der Waals surface area (Å²) in [7, 11) is 0. The van der Waals surface area contributed by atoms with E-state index in [0.29, 0.717) is 5.16 Å². The van der Waals surface area contributed by atoms with E-state index in [1.54, 1.807) is 0 Å². The molecule has 6 heteroatoms. The fourth-order valence-corrected chi connectivity index (χ4v) is 3.49. The topological polar surface area (TPSA) is 74.8 Å². The van der Waals surface area contributed by atoms with Gasteiger partial charge in [-0.25, -0.2) is 4.98 Å². The Morgan fingerprint density at radius 3 is 2.78 bits per heavy atom. The van der Waals surface area contributed by atoms with Crippen molar-refractivity contribution in [2.24, 2.45) is 0 Å². The number of carbonyl (C=O) groups excluding carboxylic acids is 1. The molecule has 3 rings (SSSR count). The number of aryl methyl sites for hydroxylation is 3. The molecule has 1 aromatic carbocycles. The molecular weight excluding hydrogens is 310 g/mol. The average molecular weight is 329 g/mol.